The van der Waals surface area contributed by atoms with E-state index in [1.54, 1.807) is 23.7 Å². The Labute approximate surface area is 175 Å². The zero-order valence-electron chi connectivity index (χ0n) is 16.9. The molecular formula is C23H26N4OS. The van der Waals surface area contributed by atoms with E-state index in [2.05, 4.69) is 45.8 Å². The summed E-state index contributed by atoms with van der Waals surface area (Å²) in [6.07, 6.45) is 4.62. The van der Waals surface area contributed by atoms with Crippen molar-refractivity contribution in [2.75, 3.05) is 19.6 Å². The highest BCUT2D eigenvalue weighted by atomic mass is 32.1. The fraction of sp³-hybridized carbons (Fsp3) is 0.304. The van der Waals surface area contributed by atoms with Crippen LogP contribution in [0, 0.1) is 0 Å². The zero-order valence-corrected chi connectivity index (χ0v) is 17.7. The Morgan fingerprint density at radius 1 is 1.14 bits per heavy atom. The van der Waals surface area contributed by atoms with Gasteiger partial charge in [-0.15, -0.1) is 11.3 Å². The third-order valence-electron chi connectivity index (χ3n) is 5.10. The summed E-state index contributed by atoms with van der Waals surface area (Å²) in [7, 11) is 0. The molecule has 0 atom stereocenters. The first-order valence-electron chi connectivity index (χ1n) is 10.1. The quantitative estimate of drug-likeness (QED) is 0.398. The predicted octanol–water partition coefficient (Wildman–Crippen LogP) is 5.32. The number of hydrogen-bond acceptors (Lipinski definition) is 5. The lowest BCUT2D eigenvalue weighted by atomic mass is 10.2. The lowest BCUT2D eigenvalue weighted by Crippen LogP contribution is -2.26. The van der Waals surface area contributed by atoms with Crippen molar-refractivity contribution >= 4 is 28.0 Å². The van der Waals surface area contributed by atoms with Crippen molar-refractivity contribution in [2.24, 2.45) is 4.99 Å². The number of benzene rings is 1. The molecule has 150 valence electrons. The second kappa shape index (κ2) is 9.20. The van der Waals surface area contributed by atoms with E-state index in [9.17, 15) is 0 Å². The standard InChI is InChI=1S/C23H26N4OS/c1-3-26(4-2)13-8-14-27-20(22-15-18-9-5-6-11-21(18)28-22)17-29-23(27)25-19-10-7-12-24-16-19/h5-7,9-12,15-17H,3-4,8,13-14H2,1-2H3. The molecule has 0 unspecified atom stereocenters. The van der Waals surface area contributed by atoms with E-state index >= 15 is 0 Å². The summed E-state index contributed by atoms with van der Waals surface area (Å²) in [4.78, 5) is 12.4. The van der Waals surface area contributed by atoms with Gasteiger partial charge in [0.2, 0.25) is 0 Å². The minimum atomic E-state index is 0.864. The van der Waals surface area contributed by atoms with Crippen LogP contribution in [0.1, 0.15) is 20.3 Å². The summed E-state index contributed by atoms with van der Waals surface area (Å²) < 4.78 is 8.43. The minimum absolute atomic E-state index is 0.864. The number of aromatic nitrogens is 2. The van der Waals surface area contributed by atoms with Crippen LogP contribution in [0.25, 0.3) is 22.4 Å². The number of rotatable bonds is 8. The zero-order chi connectivity index (χ0) is 20.1. The van der Waals surface area contributed by atoms with Crippen LogP contribution in [0.15, 0.2) is 69.6 Å². The molecule has 0 amide bonds. The molecule has 0 spiro atoms. The van der Waals surface area contributed by atoms with Gasteiger partial charge in [-0.3, -0.25) is 4.98 Å². The molecule has 0 saturated heterocycles. The fourth-order valence-corrected chi connectivity index (χ4v) is 4.40. The number of hydrogen-bond donors (Lipinski definition) is 0. The van der Waals surface area contributed by atoms with E-state index in [-0.39, 0.29) is 0 Å². The van der Waals surface area contributed by atoms with Gasteiger partial charge in [0.1, 0.15) is 5.58 Å². The average molecular weight is 407 g/mol. The molecule has 6 heteroatoms. The fourth-order valence-electron chi connectivity index (χ4n) is 3.46. The normalized spacial score (nSPS) is 12.3. The molecule has 0 fully saturated rings. The molecule has 4 aromatic rings. The van der Waals surface area contributed by atoms with Crippen molar-refractivity contribution in [1.29, 1.82) is 0 Å². The lowest BCUT2D eigenvalue weighted by molar-refractivity contribution is 0.293. The van der Waals surface area contributed by atoms with Crippen LogP contribution < -0.4 is 4.80 Å². The maximum atomic E-state index is 6.15. The molecule has 3 aromatic heterocycles. The molecule has 5 nitrogen and oxygen atoms in total. The van der Waals surface area contributed by atoms with Gasteiger partial charge < -0.3 is 13.9 Å². The average Bonchev–Trinajstić information content (AvgIpc) is 3.36. The Kier molecular flexibility index (Phi) is 6.22. The van der Waals surface area contributed by atoms with Crippen molar-refractivity contribution in [2.45, 2.75) is 26.8 Å². The Morgan fingerprint density at radius 3 is 2.76 bits per heavy atom. The predicted molar refractivity (Wildman–Crippen MR) is 119 cm³/mol. The Hall–Kier alpha value is -2.70. The van der Waals surface area contributed by atoms with Crippen LogP contribution in [-0.4, -0.2) is 34.1 Å². The Balaban J connectivity index is 1.71. The molecule has 0 radical (unpaired) electrons. The van der Waals surface area contributed by atoms with E-state index in [4.69, 9.17) is 9.41 Å². The van der Waals surface area contributed by atoms with Crippen molar-refractivity contribution < 1.29 is 4.42 Å². The van der Waals surface area contributed by atoms with Gasteiger partial charge in [0, 0.05) is 23.5 Å². The smallest absolute Gasteiger partial charge is 0.190 e. The molecule has 0 aliphatic carbocycles. The maximum absolute atomic E-state index is 6.15. The van der Waals surface area contributed by atoms with Gasteiger partial charge >= 0.3 is 0 Å². The third kappa shape index (κ3) is 4.49. The SMILES string of the molecule is CCN(CC)CCCn1c(-c2cc3ccccc3o2)csc1=Nc1cccnc1. The molecule has 0 N–H and O–H groups in total. The van der Waals surface area contributed by atoms with Crippen LogP contribution in [0.4, 0.5) is 5.69 Å². The molecule has 3 heterocycles. The van der Waals surface area contributed by atoms with Gasteiger partial charge in [0.05, 0.1) is 17.6 Å². The van der Waals surface area contributed by atoms with E-state index in [0.717, 1.165) is 65.5 Å². The number of pyridine rings is 1. The number of fused-ring (bicyclic) bond motifs is 1. The molecule has 29 heavy (non-hydrogen) atoms. The number of thiazole rings is 1. The number of furan rings is 1. The van der Waals surface area contributed by atoms with Gasteiger partial charge in [-0.2, -0.15) is 0 Å². The van der Waals surface area contributed by atoms with Gasteiger partial charge in [-0.1, -0.05) is 32.0 Å². The minimum Gasteiger partial charge on any atom is -0.454 e. The second-order valence-corrected chi connectivity index (χ2v) is 7.74. The monoisotopic (exact) mass is 406 g/mol. The van der Waals surface area contributed by atoms with Crippen molar-refractivity contribution in [3.05, 3.63) is 65.0 Å². The largest absolute Gasteiger partial charge is 0.454 e. The van der Waals surface area contributed by atoms with Crippen LogP contribution in [-0.2, 0) is 6.54 Å². The summed E-state index contributed by atoms with van der Waals surface area (Å²) >= 11 is 1.64. The second-order valence-electron chi connectivity index (χ2n) is 6.91. The van der Waals surface area contributed by atoms with Gasteiger partial charge in [-0.25, -0.2) is 4.99 Å². The summed E-state index contributed by atoms with van der Waals surface area (Å²) in [5.41, 5.74) is 2.85. The van der Waals surface area contributed by atoms with E-state index < -0.39 is 0 Å². The molecular weight excluding hydrogens is 380 g/mol. The van der Waals surface area contributed by atoms with Crippen LogP contribution >= 0.6 is 11.3 Å². The highest BCUT2D eigenvalue weighted by Crippen LogP contribution is 2.28. The van der Waals surface area contributed by atoms with Crippen LogP contribution in [0.5, 0.6) is 0 Å². The highest BCUT2D eigenvalue weighted by molar-refractivity contribution is 7.07. The first kappa shape index (κ1) is 19.6. The van der Waals surface area contributed by atoms with Crippen molar-refractivity contribution in [3.8, 4) is 11.5 Å². The summed E-state index contributed by atoms with van der Waals surface area (Å²) in [5.74, 6) is 0.887. The van der Waals surface area contributed by atoms with Crippen molar-refractivity contribution in [1.82, 2.24) is 14.5 Å². The summed E-state index contributed by atoms with van der Waals surface area (Å²) in [6, 6.07) is 14.1. The molecule has 4 rings (SSSR count). The Bertz CT molecular complexity index is 1090. The molecule has 1 aromatic carbocycles. The van der Waals surface area contributed by atoms with Crippen LogP contribution in [0.3, 0.4) is 0 Å². The van der Waals surface area contributed by atoms with E-state index in [0.29, 0.717) is 0 Å². The molecule has 0 aliphatic heterocycles. The molecule has 0 aliphatic rings. The highest BCUT2D eigenvalue weighted by Gasteiger charge is 2.13. The Morgan fingerprint density at radius 2 is 2.00 bits per heavy atom. The third-order valence-corrected chi connectivity index (χ3v) is 5.96. The first-order valence-corrected chi connectivity index (χ1v) is 11.0. The lowest BCUT2D eigenvalue weighted by Gasteiger charge is -2.18. The van der Waals surface area contributed by atoms with Crippen molar-refractivity contribution in [3.63, 3.8) is 0 Å². The van der Waals surface area contributed by atoms with E-state index in [1.165, 1.54) is 0 Å². The van der Waals surface area contributed by atoms with Gasteiger partial charge in [-0.05, 0) is 50.3 Å². The number of para-hydroxylation sites is 1. The van der Waals surface area contributed by atoms with E-state index in [1.807, 2.05) is 30.3 Å². The number of nitrogens with zero attached hydrogens (tertiary/aromatic N) is 4. The summed E-state index contributed by atoms with van der Waals surface area (Å²) in [6.45, 7) is 8.55. The maximum Gasteiger partial charge on any atom is 0.190 e. The summed E-state index contributed by atoms with van der Waals surface area (Å²) in [5, 5.41) is 3.26. The van der Waals surface area contributed by atoms with Gasteiger partial charge in [0.25, 0.3) is 0 Å². The first-order chi connectivity index (χ1) is 14.3. The van der Waals surface area contributed by atoms with Crippen LogP contribution in [0.2, 0.25) is 0 Å². The topological polar surface area (TPSA) is 46.6 Å². The molecule has 0 saturated carbocycles. The molecule has 0 bridgehead atoms. The van der Waals surface area contributed by atoms with Gasteiger partial charge in [0.15, 0.2) is 10.6 Å².